The van der Waals surface area contributed by atoms with Gasteiger partial charge in [-0.3, -0.25) is 4.79 Å². The van der Waals surface area contributed by atoms with Crippen molar-refractivity contribution in [3.63, 3.8) is 0 Å². The van der Waals surface area contributed by atoms with E-state index in [9.17, 15) is 4.79 Å². The smallest absolute Gasteiger partial charge is 0.314 e. The van der Waals surface area contributed by atoms with Gasteiger partial charge in [0.2, 0.25) is 0 Å². The van der Waals surface area contributed by atoms with Gasteiger partial charge >= 0.3 is 5.97 Å². The molecule has 0 bridgehead atoms. The van der Waals surface area contributed by atoms with Gasteiger partial charge < -0.3 is 14.2 Å². The van der Waals surface area contributed by atoms with Crippen molar-refractivity contribution in [2.45, 2.75) is 51.6 Å². The zero-order valence-corrected chi connectivity index (χ0v) is 13.9. The zero-order chi connectivity index (χ0) is 16.2. The summed E-state index contributed by atoms with van der Waals surface area (Å²) in [6.45, 7) is 3.78. The SMILES string of the molecule is COc1cc(OC)cc(C(C)(C)OC(=O)[C]2CCCCC2)c1. The summed E-state index contributed by atoms with van der Waals surface area (Å²) in [7, 11) is 3.21. The number of esters is 1. The zero-order valence-electron chi connectivity index (χ0n) is 13.9. The van der Waals surface area contributed by atoms with E-state index in [1.807, 2.05) is 26.0 Å². The van der Waals surface area contributed by atoms with Crippen LogP contribution in [0.25, 0.3) is 0 Å². The summed E-state index contributed by atoms with van der Waals surface area (Å²) in [4.78, 5) is 12.4. The molecule has 0 amide bonds. The molecule has 2 rings (SSSR count). The molecule has 0 N–H and O–H groups in total. The third-order valence-electron chi connectivity index (χ3n) is 4.14. The Morgan fingerprint density at radius 1 is 0.955 bits per heavy atom. The third-order valence-corrected chi connectivity index (χ3v) is 4.14. The fourth-order valence-corrected chi connectivity index (χ4v) is 2.70. The van der Waals surface area contributed by atoms with Crippen LogP contribution in [0.2, 0.25) is 0 Å². The summed E-state index contributed by atoms with van der Waals surface area (Å²) >= 11 is 0. The summed E-state index contributed by atoms with van der Waals surface area (Å²) < 4.78 is 16.4. The normalized spacial score (nSPS) is 16.2. The maximum atomic E-state index is 12.4. The molecule has 0 spiro atoms. The summed E-state index contributed by atoms with van der Waals surface area (Å²) in [6, 6.07) is 5.56. The van der Waals surface area contributed by atoms with Crippen LogP contribution in [-0.2, 0) is 15.1 Å². The Hall–Kier alpha value is -1.71. The summed E-state index contributed by atoms with van der Waals surface area (Å²) in [5.41, 5.74) is 0.122. The Kier molecular flexibility index (Phi) is 5.33. The number of hydrogen-bond donors (Lipinski definition) is 0. The van der Waals surface area contributed by atoms with E-state index in [2.05, 4.69) is 0 Å². The number of methoxy groups -OCH3 is 2. The lowest BCUT2D eigenvalue weighted by Gasteiger charge is -2.29. The largest absolute Gasteiger partial charge is 0.497 e. The van der Waals surface area contributed by atoms with Gasteiger partial charge in [-0.1, -0.05) is 19.3 Å². The van der Waals surface area contributed by atoms with Crippen molar-refractivity contribution in [1.82, 2.24) is 0 Å². The molecule has 1 fully saturated rings. The molecule has 4 heteroatoms. The van der Waals surface area contributed by atoms with Crippen LogP contribution in [0, 0.1) is 5.92 Å². The number of rotatable bonds is 5. The standard InChI is InChI=1S/C18H25O4/c1-18(2,22-17(19)13-8-6-5-7-9-13)14-10-15(20-3)12-16(11-14)21-4/h10-12H,5-9H2,1-4H3. The van der Waals surface area contributed by atoms with Gasteiger partial charge in [-0.05, 0) is 38.8 Å². The second-order valence-electron chi connectivity index (χ2n) is 6.17. The first-order valence-electron chi connectivity index (χ1n) is 7.78. The molecule has 1 aromatic carbocycles. The van der Waals surface area contributed by atoms with Gasteiger partial charge in [-0.15, -0.1) is 0 Å². The molecule has 1 radical (unpaired) electrons. The van der Waals surface area contributed by atoms with Crippen LogP contribution in [-0.4, -0.2) is 20.2 Å². The van der Waals surface area contributed by atoms with Crippen molar-refractivity contribution in [1.29, 1.82) is 0 Å². The maximum absolute atomic E-state index is 12.4. The lowest BCUT2D eigenvalue weighted by Crippen LogP contribution is -2.29. The van der Waals surface area contributed by atoms with Gasteiger partial charge in [-0.25, -0.2) is 0 Å². The predicted molar refractivity (Wildman–Crippen MR) is 85.0 cm³/mol. The minimum atomic E-state index is -0.733. The lowest BCUT2D eigenvalue weighted by molar-refractivity contribution is -0.155. The molecule has 0 aliphatic heterocycles. The topological polar surface area (TPSA) is 44.8 Å². The average molecular weight is 305 g/mol. The van der Waals surface area contributed by atoms with Crippen molar-refractivity contribution in [2.75, 3.05) is 14.2 Å². The van der Waals surface area contributed by atoms with Crippen molar-refractivity contribution in [2.24, 2.45) is 0 Å². The predicted octanol–water partition coefficient (Wildman–Crippen LogP) is 4.02. The van der Waals surface area contributed by atoms with E-state index in [1.54, 1.807) is 20.3 Å². The van der Waals surface area contributed by atoms with E-state index in [-0.39, 0.29) is 5.97 Å². The second kappa shape index (κ2) is 7.03. The van der Waals surface area contributed by atoms with Gasteiger partial charge in [0.15, 0.2) is 0 Å². The number of benzene rings is 1. The van der Waals surface area contributed by atoms with Crippen LogP contribution in [0.5, 0.6) is 11.5 Å². The van der Waals surface area contributed by atoms with Gasteiger partial charge in [0.05, 0.1) is 20.1 Å². The molecule has 1 aromatic rings. The maximum Gasteiger partial charge on any atom is 0.314 e. The molecule has 0 unspecified atom stereocenters. The minimum Gasteiger partial charge on any atom is -0.497 e. The van der Waals surface area contributed by atoms with Gasteiger partial charge in [0, 0.05) is 11.6 Å². The van der Waals surface area contributed by atoms with Crippen LogP contribution in [0.4, 0.5) is 0 Å². The van der Waals surface area contributed by atoms with E-state index >= 15 is 0 Å². The molecule has 1 aliphatic carbocycles. The average Bonchev–Trinajstić information content (AvgIpc) is 2.54. The molecule has 22 heavy (non-hydrogen) atoms. The number of ether oxygens (including phenoxy) is 3. The van der Waals surface area contributed by atoms with E-state index in [1.165, 1.54) is 6.42 Å². The quantitative estimate of drug-likeness (QED) is 0.771. The molecule has 1 aliphatic rings. The summed E-state index contributed by atoms with van der Waals surface area (Å²) in [5.74, 6) is 2.10. The molecular weight excluding hydrogens is 280 g/mol. The molecule has 0 atom stereocenters. The van der Waals surface area contributed by atoms with Crippen LogP contribution in [0.1, 0.15) is 51.5 Å². The fourth-order valence-electron chi connectivity index (χ4n) is 2.70. The molecule has 1 saturated carbocycles. The Morgan fingerprint density at radius 2 is 1.50 bits per heavy atom. The highest BCUT2D eigenvalue weighted by molar-refractivity contribution is 5.85. The highest BCUT2D eigenvalue weighted by atomic mass is 16.6. The number of hydrogen-bond acceptors (Lipinski definition) is 4. The van der Waals surface area contributed by atoms with Crippen molar-refractivity contribution in [3.05, 3.63) is 29.7 Å². The minimum absolute atomic E-state index is 0.175. The molecule has 121 valence electrons. The van der Waals surface area contributed by atoms with E-state index in [0.717, 1.165) is 37.2 Å². The van der Waals surface area contributed by atoms with Gasteiger partial charge in [0.25, 0.3) is 0 Å². The third kappa shape index (κ3) is 3.93. The van der Waals surface area contributed by atoms with E-state index in [0.29, 0.717) is 11.5 Å². The molecule has 0 aromatic heterocycles. The van der Waals surface area contributed by atoms with Crippen LogP contribution < -0.4 is 9.47 Å². The van der Waals surface area contributed by atoms with Crippen LogP contribution in [0.3, 0.4) is 0 Å². The molecule has 0 heterocycles. The molecular formula is C18H25O4. The first-order chi connectivity index (χ1) is 10.5. The van der Waals surface area contributed by atoms with Gasteiger partial charge in [-0.2, -0.15) is 0 Å². The van der Waals surface area contributed by atoms with Crippen LogP contribution >= 0.6 is 0 Å². The summed E-state index contributed by atoms with van der Waals surface area (Å²) in [6.07, 6.45) is 5.08. The van der Waals surface area contributed by atoms with Gasteiger partial charge in [0.1, 0.15) is 17.1 Å². The first kappa shape index (κ1) is 16.7. The molecule has 0 saturated heterocycles. The Bertz CT molecular complexity index is 494. The van der Waals surface area contributed by atoms with Crippen molar-refractivity contribution >= 4 is 5.97 Å². The van der Waals surface area contributed by atoms with Crippen LogP contribution in [0.15, 0.2) is 18.2 Å². The van der Waals surface area contributed by atoms with Crippen molar-refractivity contribution in [3.8, 4) is 11.5 Å². The second-order valence-corrected chi connectivity index (χ2v) is 6.17. The van der Waals surface area contributed by atoms with E-state index in [4.69, 9.17) is 14.2 Å². The Balaban J connectivity index is 2.16. The van der Waals surface area contributed by atoms with E-state index < -0.39 is 5.60 Å². The highest BCUT2D eigenvalue weighted by Gasteiger charge is 2.31. The number of carbonyl (C=O) groups is 1. The highest BCUT2D eigenvalue weighted by Crippen LogP contribution is 2.34. The van der Waals surface area contributed by atoms with Crippen molar-refractivity contribution < 1.29 is 19.0 Å². The lowest BCUT2D eigenvalue weighted by atomic mass is 9.89. The Labute approximate surface area is 132 Å². The number of carbonyl (C=O) groups excluding carboxylic acids is 1. The fraction of sp³-hybridized carbons (Fsp3) is 0.556. The summed E-state index contributed by atoms with van der Waals surface area (Å²) in [5, 5.41) is 0. The first-order valence-corrected chi connectivity index (χ1v) is 7.78. The Morgan fingerprint density at radius 3 is 2.00 bits per heavy atom. The monoisotopic (exact) mass is 305 g/mol. The molecule has 4 nitrogen and oxygen atoms in total.